The molecule has 8 heteroatoms. The van der Waals surface area contributed by atoms with E-state index < -0.39 is 0 Å². The molecule has 0 saturated carbocycles. The van der Waals surface area contributed by atoms with Gasteiger partial charge in [-0.2, -0.15) is 16.9 Å². The van der Waals surface area contributed by atoms with Crippen LogP contribution in [-0.2, 0) is 17.1 Å². The van der Waals surface area contributed by atoms with E-state index in [1.165, 1.54) is 0 Å². The highest BCUT2D eigenvalue weighted by Gasteiger charge is 2.17. The van der Waals surface area contributed by atoms with E-state index in [1.54, 1.807) is 29.0 Å². The minimum atomic E-state index is -0.147. The normalized spacial score (nSPS) is 11.2. The summed E-state index contributed by atoms with van der Waals surface area (Å²) in [4.78, 5) is 17.8. The summed E-state index contributed by atoms with van der Waals surface area (Å²) in [5, 5.41) is 7.73. The number of amides is 1. The molecule has 1 amide bonds. The van der Waals surface area contributed by atoms with Crippen molar-refractivity contribution in [3.63, 3.8) is 0 Å². The predicted molar refractivity (Wildman–Crippen MR) is 127 cm³/mol. The van der Waals surface area contributed by atoms with Crippen molar-refractivity contribution in [2.45, 2.75) is 12.3 Å². The zero-order valence-electron chi connectivity index (χ0n) is 17.4. The number of thioether (sulfide) groups is 1. The van der Waals surface area contributed by atoms with Crippen LogP contribution in [-0.4, -0.2) is 31.5 Å². The van der Waals surface area contributed by atoms with Crippen LogP contribution in [0.25, 0.3) is 28.0 Å². The van der Waals surface area contributed by atoms with Crippen molar-refractivity contribution in [2.75, 3.05) is 11.6 Å². The van der Waals surface area contributed by atoms with Crippen LogP contribution in [0.1, 0.15) is 5.82 Å². The molecule has 3 heterocycles. The van der Waals surface area contributed by atoms with Crippen LogP contribution in [0.2, 0.25) is 0 Å². The zero-order chi connectivity index (χ0) is 21.9. The van der Waals surface area contributed by atoms with Crippen molar-refractivity contribution >= 4 is 34.5 Å². The van der Waals surface area contributed by atoms with Gasteiger partial charge in [-0.15, -0.1) is 0 Å². The summed E-state index contributed by atoms with van der Waals surface area (Å²) in [6.45, 7) is 0.164. The fraction of sp³-hybridized carbons (Fsp3) is 0.125. The number of benzene rings is 2. The zero-order valence-corrected chi connectivity index (χ0v) is 18.2. The smallest absolute Gasteiger partial charge is 0.245 e. The number of nitrogens with zero attached hydrogens (tertiary/aromatic N) is 4. The Kier molecular flexibility index (Phi) is 5.51. The van der Waals surface area contributed by atoms with Gasteiger partial charge in [0.05, 0.1) is 40.7 Å². The van der Waals surface area contributed by atoms with Gasteiger partial charge in [-0.25, -0.2) is 9.67 Å². The molecular formula is C24H21N5O2S. The molecule has 0 fully saturated rings. The van der Waals surface area contributed by atoms with Gasteiger partial charge in [-0.1, -0.05) is 30.3 Å². The average molecular weight is 444 g/mol. The second-order valence-corrected chi connectivity index (χ2v) is 8.12. The van der Waals surface area contributed by atoms with Crippen molar-refractivity contribution < 1.29 is 9.21 Å². The molecule has 0 radical (unpaired) electrons. The summed E-state index contributed by atoms with van der Waals surface area (Å²) >= 11 is 1.68. The molecule has 5 aromatic rings. The molecule has 0 aliphatic rings. The van der Waals surface area contributed by atoms with E-state index in [1.807, 2.05) is 77.6 Å². The Morgan fingerprint density at radius 1 is 1.09 bits per heavy atom. The predicted octanol–water partition coefficient (Wildman–Crippen LogP) is 4.98. The molecule has 0 atom stereocenters. The molecule has 32 heavy (non-hydrogen) atoms. The minimum Gasteiger partial charge on any atom is -0.472 e. The third kappa shape index (κ3) is 3.92. The maximum Gasteiger partial charge on any atom is 0.245 e. The monoisotopic (exact) mass is 443 g/mol. The van der Waals surface area contributed by atoms with E-state index in [4.69, 9.17) is 9.40 Å². The Hall–Kier alpha value is -3.78. The number of hydrogen-bond acceptors (Lipinski definition) is 5. The number of para-hydroxylation sites is 3. The van der Waals surface area contributed by atoms with E-state index in [9.17, 15) is 4.79 Å². The number of carbonyl (C=O) groups is 1. The standard InChI is InChI=1S/C24H21N5O2S/c1-32-16-23-25-19-9-5-6-10-21(19)28(23)14-24(30)26-22-13-20(17-11-12-31-15-17)27-29(22)18-7-3-2-4-8-18/h2-13,15H,14,16H2,1H3,(H,26,30). The van der Waals surface area contributed by atoms with Crippen LogP contribution >= 0.6 is 11.8 Å². The lowest BCUT2D eigenvalue weighted by molar-refractivity contribution is -0.116. The molecule has 0 unspecified atom stereocenters. The molecule has 0 spiro atoms. The lowest BCUT2D eigenvalue weighted by Crippen LogP contribution is -2.21. The minimum absolute atomic E-state index is 0.147. The van der Waals surface area contributed by atoms with Crippen molar-refractivity contribution in [2.24, 2.45) is 0 Å². The number of aromatic nitrogens is 4. The van der Waals surface area contributed by atoms with Gasteiger partial charge in [0, 0.05) is 11.6 Å². The summed E-state index contributed by atoms with van der Waals surface area (Å²) in [5.41, 5.74) is 4.25. The van der Waals surface area contributed by atoms with Crippen LogP contribution in [0.3, 0.4) is 0 Å². The highest BCUT2D eigenvalue weighted by atomic mass is 32.2. The second kappa shape index (κ2) is 8.76. The lowest BCUT2D eigenvalue weighted by atomic mass is 10.2. The number of carbonyl (C=O) groups excluding carboxylic acids is 1. The highest BCUT2D eigenvalue weighted by Crippen LogP contribution is 2.25. The van der Waals surface area contributed by atoms with Gasteiger partial charge in [0.15, 0.2) is 0 Å². The molecule has 0 aliphatic heterocycles. The summed E-state index contributed by atoms with van der Waals surface area (Å²) < 4.78 is 8.91. The van der Waals surface area contributed by atoms with E-state index in [2.05, 4.69) is 10.4 Å². The van der Waals surface area contributed by atoms with E-state index in [-0.39, 0.29) is 12.5 Å². The van der Waals surface area contributed by atoms with Gasteiger partial charge in [-0.3, -0.25) is 4.79 Å². The van der Waals surface area contributed by atoms with Crippen molar-refractivity contribution in [1.29, 1.82) is 0 Å². The quantitative estimate of drug-likeness (QED) is 0.384. The first-order chi connectivity index (χ1) is 15.7. The van der Waals surface area contributed by atoms with Gasteiger partial charge in [0.1, 0.15) is 18.2 Å². The summed E-state index contributed by atoms with van der Waals surface area (Å²) in [6, 6.07) is 21.3. The maximum absolute atomic E-state index is 13.1. The fourth-order valence-electron chi connectivity index (χ4n) is 3.65. The maximum atomic E-state index is 13.1. The number of furan rings is 1. The molecular weight excluding hydrogens is 422 g/mol. The number of anilines is 1. The Morgan fingerprint density at radius 2 is 1.91 bits per heavy atom. The summed E-state index contributed by atoms with van der Waals surface area (Å²) in [6.07, 6.45) is 5.27. The lowest BCUT2D eigenvalue weighted by Gasteiger charge is -2.11. The van der Waals surface area contributed by atoms with Gasteiger partial charge in [0.2, 0.25) is 5.91 Å². The average Bonchev–Trinajstić information content (AvgIpc) is 3.55. The molecule has 1 N–H and O–H groups in total. The van der Waals surface area contributed by atoms with Gasteiger partial charge >= 0.3 is 0 Å². The van der Waals surface area contributed by atoms with Gasteiger partial charge < -0.3 is 14.3 Å². The van der Waals surface area contributed by atoms with E-state index in [0.29, 0.717) is 11.5 Å². The first-order valence-corrected chi connectivity index (χ1v) is 11.5. The molecule has 7 nitrogen and oxygen atoms in total. The number of nitrogens with one attached hydrogen (secondary N) is 1. The molecule has 5 rings (SSSR count). The topological polar surface area (TPSA) is 77.9 Å². The molecule has 3 aromatic heterocycles. The molecule has 2 aromatic carbocycles. The van der Waals surface area contributed by atoms with Crippen LogP contribution in [0.4, 0.5) is 5.82 Å². The third-order valence-corrected chi connectivity index (χ3v) is 5.65. The Labute approximate surface area is 189 Å². The first kappa shape index (κ1) is 20.1. The number of hydrogen-bond donors (Lipinski definition) is 1. The third-order valence-electron chi connectivity index (χ3n) is 5.10. The van der Waals surface area contributed by atoms with Crippen LogP contribution < -0.4 is 5.32 Å². The molecule has 0 aliphatic carbocycles. The van der Waals surface area contributed by atoms with Gasteiger partial charge in [0.25, 0.3) is 0 Å². The number of fused-ring (bicyclic) bond motifs is 1. The largest absolute Gasteiger partial charge is 0.472 e. The SMILES string of the molecule is CSCc1nc2ccccc2n1CC(=O)Nc1cc(-c2ccoc2)nn1-c1ccccc1. The Balaban J connectivity index is 1.47. The van der Waals surface area contributed by atoms with Crippen molar-refractivity contribution in [3.8, 4) is 16.9 Å². The fourth-order valence-corrected chi connectivity index (χ4v) is 4.13. The number of imidazole rings is 1. The van der Waals surface area contributed by atoms with Crippen molar-refractivity contribution in [3.05, 3.63) is 85.1 Å². The molecule has 0 bridgehead atoms. The van der Waals surface area contributed by atoms with Crippen LogP contribution in [0, 0.1) is 0 Å². The van der Waals surface area contributed by atoms with Gasteiger partial charge in [-0.05, 0) is 36.6 Å². The number of rotatable bonds is 7. The Morgan fingerprint density at radius 3 is 2.69 bits per heavy atom. The Bertz CT molecular complexity index is 1360. The van der Waals surface area contributed by atoms with E-state index in [0.717, 1.165) is 33.9 Å². The second-order valence-electron chi connectivity index (χ2n) is 7.26. The summed E-state index contributed by atoms with van der Waals surface area (Å²) in [7, 11) is 0. The highest BCUT2D eigenvalue weighted by molar-refractivity contribution is 7.97. The summed E-state index contributed by atoms with van der Waals surface area (Å²) in [5.74, 6) is 2.05. The van der Waals surface area contributed by atoms with Crippen LogP contribution in [0.15, 0.2) is 83.7 Å². The molecule has 160 valence electrons. The molecule has 0 saturated heterocycles. The van der Waals surface area contributed by atoms with E-state index >= 15 is 0 Å². The first-order valence-electron chi connectivity index (χ1n) is 10.1. The van der Waals surface area contributed by atoms with Crippen molar-refractivity contribution in [1.82, 2.24) is 19.3 Å². The van der Waals surface area contributed by atoms with Crippen LogP contribution in [0.5, 0.6) is 0 Å².